The number of amides is 4. The molecule has 1 aromatic carbocycles. The van der Waals surface area contributed by atoms with Crippen LogP contribution in [0.25, 0.3) is 0 Å². The summed E-state index contributed by atoms with van der Waals surface area (Å²) in [5, 5.41) is 37.2. The molecule has 15 nitrogen and oxygen atoms in total. The molecule has 1 fully saturated rings. The third-order valence-electron chi connectivity index (χ3n) is 10.4. The van der Waals surface area contributed by atoms with E-state index in [0.29, 0.717) is 54.2 Å². The molecule has 15 heteroatoms. The average Bonchev–Trinajstić information content (AvgIpc) is 3.53. The second-order valence-corrected chi connectivity index (χ2v) is 15.7. The van der Waals surface area contributed by atoms with Gasteiger partial charge in [-0.3, -0.25) is 29.6 Å². The molecule has 5 N–H and O–H groups in total. The lowest BCUT2D eigenvalue weighted by Gasteiger charge is -2.25. The predicted octanol–water partition coefficient (Wildman–Crippen LogP) is 6.27. The SMILES string of the molecule is CCCCCCCCC=CCCCCCC(=O)N(O)CCCCC(NC(=O)C1(C)COC(c2ccccc2O)=N1)C(=O)OC(C)CC(=O)NC1CCCCN(O)C1=O. The van der Waals surface area contributed by atoms with Crippen LogP contribution < -0.4 is 10.6 Å². The summed E-state index contributed by atoms with van der Waals surface area (Å²) < 4.78 is 11.3. The number of nitrogens with zero attached hydrogens (tertiary/aromatic N) is 3. The Labute approximate surface area is 343 Å². The van der Waals surface area contributed by atoms with E-state index < -0.39 is 47.4 Å². The van der Waals surface area contributed by atoms with Crippen LogP contribution in [-0.4, -0.2) is 105 Å². The van der Waals surface area contributed by atoms with E-state index >= 15 is 0 Å². The van der Waals surface area contributed by atoms with E-state index in [-0.39, 0.29) is 56.5 Å². The number of hydroxylamine groups is 4. The first-order valence-electron chi connectivity index (χ1n) is 21.3. The lowest BCUT2D eigenvalue weighted by Crippen LogP contribution is -2.52. The zero-order chi connectivity index (χ0) is 42.3. The van der Waals surface area contributed by atoms with Crippen molar-refractivity contribution in [2.75, 3.05) is 19.7 Å². The lowest BCUT2D eigenvalue weighted by molar-refractivity contribution is -0.167. The van der Waals surface area contributed by atoms with Gasteiger partial charge in [0.1, 0.15) is 30.5 Å². The highest BCUT2D eigenvalue weighted by Gasteiger charge is 2.42. The molecular formula is C43H67N5O10. The maximum absolute atomic E-state index is 13.6. The largest absolute Gasteiger partial charge is 0.507 e. The summed E-state index contributed by atoms with van der Waals surface area (Å²) in [6.07, 6.45) is 18.2. The molecule has 2 heterocycles. The van der Waals surface area contributed by atoms with Crippen molar-refractivity contribution in [3.8, 4) is 5.75 Å². The van der Waals surface area contributed by atoms with Crippen LogP contribution in [0.4, 0.5) is 0 Å². The highest BCUT2D eigenvalue weighted by Crippen LogP contribution is 2.26. The molecule has 58 heavy (non-hydrogen) atoms. The number of phenols is 1. The van der Waals surface area contributed by atoms with E-state index in [1.54, 1.807) is 18.2 Å². The normalized spacial score (nSPS) is 19.2. The van der Waals surface area contributed by atoms with Crippen molar-refractivity contribution in [2.24, 2.45) is 4.99 Å². The second-order valence-electron chi connectivity index (χ2n) is 15.7. The first-order valence-corrected chi connectivity index (χ1v) is 21.3. The third-order valence-corrected chi connectivity index (χ3v) is 10.4. The molecule has 4 amide bonds. The maximum Gasteiger partial charge on any atom is 0.328 e. The Hall–Kier alpha value is -4.50. The monoisotopic (exact) mass is 813 g/mol. The number of benzene rings is 1. The van der Waals surface area contributed by atoms with Gasteiger partial charge in [0.15, 0.2) is 5.54 Å². The molecule has 324 valence electrons. The smallest absolute Gasteiger partial charge is 0.328 e. The molecule has 1 saturated heterocycles. The number of unbranched alkanes of at least 4 members (excludes halogenated alkanes) is 10. The molecule has 1 aromatic rings. The van der Waals surface area contributed by atoms with Crippen molar-refractivity contribution in [1.29, 1.82) is 0 Å². The van der Waals surface area contributed by atoms with Crippen LogP contribution in [0.1, 0.15) is 148 Å². The predicted molar refractivity (Wildman–Crippen MR) is 218 cm³/mol. The summed E-state index contributed by atoms with van der Waals surface area (Å²) in [5.41, 5.74) is -1.13. The topological polar surface area (TPSA) is 207 Å². The fraction of sp³-hybridized carbons (Fsp3) is 0.674. The van der Waals surface area contributed by atoms with Crippen molar-refractivity contribution in [3.63, 3.8) is 0 Å². The Kier molecular flexibility index (Phi) is 21.3. The summed E-state index contributed by atoms with van der Waals surface area (Å²) >= 11 is 0. The fourth-order valence-electron chi connectivity index (χ4n) is 6.82. The maximum atomic E-state index is 13.6. The highest BCUT2D eigenvalue weighted by molar-refractivity contribution is 6.02. The summed E-state index contributed by atoms with van der Waals surface area (Å²) in [7, 11) is 0. The lowest BCUT2D eigenvalue weighted by atomic mass is 10.0. The van der Waals surface area contributed by atoms with Crippen molar-refractivity contribution >= 4 is 35.5 Å². The number of esters is 1. The first kappa shape index (κ1) is 47.9. The van der Waals surface area contributed by atoms with E-state index in [4.69, 9.17) is 9.47 Å². The van der Waals surface area contributed by atoms with Crippen molar-refractivity contribution in [2.45, 2.75) is 166 Å². The van der Waals surface area contributed by atoms with Gasteiger partial charge in [-0.05, 0) is 96.6 Å². The van der Waals surface area contributed by atoms with Crippen molar-refractivity contribution < 1.29 is 49.0 Å². The number of aromatic hydroxyl groups is 1. The van der Waals surface area contributed by atoms with Gasteiger partial charge in [0.05, 0.1) is 12.0 Å². The second kappa shape index (κ2) is 25.8. The molecule has 0 spiro atoms. The summed E-state index contributed by atoms with van der Waals surface area (Å²) in [6, 6.07) is 4.35. The molecule has 4 unspecified atom stereocenters. The molecule has 0 aliphatic carbocycles. The minimum absolute atomic E-state index is 0.0389. The fourth-order valence-corrected chi connectivity index (χ4v) is 6.82. The summed E-state index contributed by atoms with van der Waals surface area (Å²) in [4.78, 5) is 69.3. The number of para-hydroxylation sites is 1. The number of allylic oxidation sites excluding steroid dienone is 2. The van der Waals surface area contributed by atoms with Gasteiger partial charge in [-0.15, -0.1) is 0 Å². The molecular weight excluding hydrogens is 746 g/mol. The van der Waals surface area contributed by atoms with E-state index in [1.807, 2.05) is 0 Å². The third kappa shape index (κ3) is 16.8. The van der Waals surface area contributed by atoms with E-state index in [9.17, 15) is 39.5 Å². The number of carbonyl (C=O) groups is 5. The minimum Gasteiger partial charge on any atom is -0.507 e. The van der Waals surface area contributed by atoms with Gasteiger partial charge in [0.2, 0.25) is 17.7 Å². The van der Waals surface area contributed by atoms with Gasteiger partial charge in [0.25, 0.3) is 11.8 Å². The van der Waals surface area contributed by atoms with E-state index in [1.165, 1.54) is 58.4 Å². The molecule has 0 aromatic heterocycles. The van der Waals surface area contributed by atoms with E-state index in [2.05, 4.69) is 34.7 Å². The number of carbonyl (C=O) groups excluding carboxylic acids is 5. The van der Waals surface area contributed by atoms with Gasteiger partial charge < -0.3 is 25.2 Å². The summed E-state index contributed by atoms with van der Waals surface area (Å²) in [6.45, 7) is 5.35. The number of nitrogens with one attached hydrogen (secondary N) is 2. The molecule has 4 atom stereocenters. The van der Waals surface area contributed by atoms with Gasteiger partial charge in [-0.25, -0.2) is 19.9 Å². The van der Waals surface area contributed by atoms with Crippen molar-refractivity contribution in [1.82, 2.24) is 20.8 Å². The van der Waals surface area contributed by atoms with Crippen LogP contribution in [0, 0.1) is 0 Å². The standard InChI is InChI=1S/C43H67N5O10/c1-4-5-6-7-8-9-10-11-12-13-14-15-16-27-38(51)47(55)28-21-20-25-35(45-42(54)43(3)31-57-39(46-43)33-23-17-18-26-36(33)49)41(53)58-32(2)30-37(50)44-34-24-19-22-29-48(56)40(34)52/h11-12,17-18,23,26,32,34-35,49,55-56H,4-10,13-16,19-22,24-25,27-31H2,1-3H3,(H,44,50)(H,45,54). The number of ether oxygens (including phenoxy) is 2. The van der Waals surface area contributed by atoms with Crippen LogP contribution in [0.3, 0.4) is 0 Å². The Morgan fingerprint density at radius 2 is 1.71 bits per heavy atom. The molecule has 2 aliphatic heterocycles. The van der Waals surface area contributed by atoms with Gasteiger partial charge >= 0.3 is 5.97 Å². The highest BCUT2D eigenvalue weighted by atomic mass is 16.5. The van der Waals surface area contributed by atoms with Gasteiger partial charge in [-0.2, -0.15) is 0 Å². The van der Waals surface area contributed by atoms with Crippen LogP contribution >= 0.6 is 0 Å². The molecule has 0 radical (unpaired) electrons. The van der Waals surface area contributed by atoms with Gasteiger partial charge in [0, 0.05) is 19.5 Å². The number of phenolic OH excluding ortho intramolecular Hbond substituents is 1. The van der Waals surface area contributed by atoms with E-state index in [0.717, 1.165) is 25.7 Å². The molecule has 3 rings (SSSR count). The Morgan fingerprint density at radius 3 is 2.43 bits per heavy atom. The number of aliphatic imine (C=N–C) groups is 1. The zero-order valence-corrected chi connectivity index (χ0v) is 34.8. The number of hydrogen-bond acceptors (Lipinski definition) is 11. The van der Waals surface area contributed by atoms with Gasteiger partial charge in [-0.1, -0.05) is 69.7 Å². The van der Waals surface area contributed by atoms with Crippen LogP contribution in [0.15, 0.2) is 41.4 Å². The number of hydrogen-bond donors (Lipinski definition) is 5. The first-order chi connectivity index (χ1) is 27.8. The quantitative estimate of drug-likeness (QED) is 0.0233. The van der Waals surface area contributed by atoms with Crippen molar-refractivity contribution in [3.05, 3.63) is 42.0 Å². The number of rotatable bonds is 26. The van der Waals surface area contributed by atoms with Crippen LogP contribution in [-0.2, 0) is 33.4 Å². The minimum atomic E-state index is -1.44. The Morgan fingerprint density at radius 1 is 1.02 bits per heavy atom. The Balaban J connectivity index is 1.49. The summed E-state index contributed by atoms with van der Waals surface area (Å²) in [5.74, 6) is -2.94. The molecule has 2 aliphatic rings. The van der Waals surface area contributed by atoms with Crippen LogP contribution in [0.2, 0.25) is 0 Å². The molecule has 0 saturated carbocycles. The average molecular weight is 814 g/mol. The van der Waals surface area contributed by atoms with Crippen LogP contribution in [0.5, 0.6) is 5.75 Å². The zero-order valence-electron chi connectivity index (χ0n) is 34.8. The molecule has 0 bridgehead atoms. The Bertz CT molecular complexity index is 1540.